The number of anilines is 2. The maximum absolute atomic E-state index is 13.8. The van der Waals surface area contributed by atoms with Crippen molar-refractivity contribution in [3.63, 3.8) is 0 Å². The molecule has 1 aliphatic heterocycles. The van der Waals surface area contributed by atoms with Gasteiger partial charge in [-0.1, -0.05) is 0 Å². The van der Waals surface area contributed by atoms with Crippen LogP contribution in [0.2, 0.25) is 0 Å². The van der Waals surface area contributed by atoms with Gasteiger partial charge in [0.1, 0.15) is 11.6 Å². The number of hydrogen-bond acceptors (Lipinski definition) is 5. The monoisotopic (exact) mass is 291 g/mol. The molecule has 1 aromatic carbocycles. The predicted octanol–water partition coefficient (Wildman–Crippen LogP) is 3.50. The maximum atomic E-state index is 13.8. The number of ether oxygens (including phenoxy) is 1. The number of nitrogens with two attached hydrogens (primary N) is 1. The van der Waals surface area contributed by atoms with Crippen LogP contribution < -0.4 is 15.8 Å². The number of pyridine rings is 1. The molecule has 2 aromatic rings. The Morgan fingerprint density at radius 1 is 1.30 bits per heavy atom. The minimum atomic E-state index is -0.470. The van der Waals surface area contributed by atoms with Crippen molar-refractivity contribution in [2.24, 2.45) is 0 Å². The zero-order chi connectivity index (χ0) is 13.9. The van der Waals surface area contributed by atoms with E-state index in [-0.39, 0.29) is 5.75 Å². The molecule has 0 saturated heterocycles. The van der Waals surface area contributed by atoms with Gasteiger partial charge in [0.2, 0.25) is 0 Å². The Kier molecular flexibility index (Phi) is 3.64. The fourth-order valence-electron chi connectivity index (χ4n) is 1.95. The molecule has 0 atom stereocenters. The van der Waals surface area contributed by atoms with Gasteiger partial charge in [0.15, 0.2) is 11.6 Å². The van der Waals surface area contributed by atoms with Crippen molar-refractivity contribution < 1.29 is 9.13 Å². The normalized spacial score (nSPS) is 14.1. The van der Waals surface area contributed by atoms with Crippen molar-refractivity contribution in [2.75, 3.05) is 23.3 Å². The molecule has 0 amide bonds. The van der Waals surface area contributed by atoms with E-state index in [1.54, 1.807) is 30.1 Å². The number of benzene rings is 1. The van der Waals surface area contributed by atoms with Crippen molar-refractivity contribution in [3.8, 4) is 11.5 Å². The molecular weight excluding hydrogens is 277 g/mol. The fourth-order valence-corrected chi connectivity index (χ4v) is 2.95. The zero-order valence-electron chi connectivity index (χ0n) is 10.7. The van der Waals surface area contributed by atoms with Crippen molar-refractivity contribution in [2.45, 2.75) is 11.3 Å². The Hall–Kier alpha value is -1.95. The number of fused-ring (bicyclic) bond motifs is 1. The second-order valence-corrected chi connectivity index (χ2v) is 5.51. The third-order valence-corrected chi connectivity index (χ3v) is 4.08. The van der Waals surface area contributed by atoms with Gasteiger partial charge >= 0.3 is 0 Å². The topological polar surface area (TPSA) is 60.2 Å². The average molecular weight is 291 g/mol. The van der Waals surface area contributed by atoms with E-state index in [9.17, 15) is 4.39 Å². The molecule has 104 valence electrons. The highest BCUT2D eigenvalue weighted by molar-refractivity contribution is 7.99. The number of nitrogens with one attached hydrogen (secondary N) is 1. The molecule has 1 aromatic heterocycles. The summed E-state index contributed by atoms with van der Waals surface area (Å²) in [5, 5.41) is 3.25. The van der Waals surface area contributed by atoms with Gasteiger partial charge in [0, 0.05) is 30.6 Å². The van der Waals surface area contributed by atoms with Crippen molar-refractivity contribution in [1.29, 1.82) is 0 Å². The number of nitrogen functional groups attached to an aromatic ring is 1. The largest absolute Gasteiger partial charge is 0.453 e. The molecule has 2 heterocycles. The lowest BCUT2D eigenvalue weighted by atomic mass is 10.3. The second kappa shape index (κ2) is 5.58. The van der Waals surface area contributed by atoms with Gasteiger partial charge < -0.3 is 15.8 Å². The quantitative estimate of drug-likeness (QED) is 0.829. The molecule has 0 aliphatic carbocycles. The summed E-state index contributed by atoms with van der Waals surface area (Å²) in [6.07, 6.45) is 2.71. The highest BCUT2D eigenvalue weighted by atomic mass is 32.2. The molecule has 3 rings (SSSR count). The van der Waals surface area contributed by atoms with Crippen LogP contribution in [0.5, 0.6) is 11.5 Å². The van der Waals surface area contributed by atoms with Crippen LogP contribution in [0.4, 0.5) is 15.9 Å². The van der Waals surface area contributed by atoms with Gasteiger partial charge in [-0.3, -0.25) is 0 Å². The molecule has 3 N–H and O–H groups in total. The van der Waals surface area contributed by atoms with Crippen LogP contribution >= 0.6 is 11.8 Å². The van der Waals surface area contributed by atoms with Crippen molar-refractivity contribution in [3.05, 3.63) is 36.3 Å². The van der Waals surface area contributed by atoms with E-state index < -0.39 is 5.82 Å². The van der Waals surface area contributed by atoms with E-state index in [4.69, 9.17) is 10.5 Å². The van der Waals surface area contributed by atoms with Crippen LogP contribution in [-0.2, 0) is 0 Å². The smallest absolute Gasteiger partial charge is 0.167 e. The van der Waals surface area contributed by atoms with Crippen molar-refractivity contribution in [1.82, 2.24) is 4.98 Å². The lowest BCUT2D eigenvalue weighted by Crippen LogP contribution is -2.02. The Morgan fingerprint density at radius 2 is 2.20 bits per heavy atom. The van der Waals surface area contributed by atoms with Gasteiger partial charge in [-0.25, -0.2) is 9.37 Å². The summed E-state index contributed by atoms with van der Waals surface area (Å²) in [4.78, 5) is 5.21. The molecule has 0 radical (unpaired) electrons. The Morgan fingerprint density at radius 3 is 3.05 bits per heavy atom. The summed E-state index contributed by atoms with van der Waals surface area (Å²) < 4.78 is 19.5. The van der Waals surface area contributed by atoms with Crippen molar-refractivity contribution >= 4 is 23.3 Å². The van der Waals surface area contributed by atoms with Crippen LogP contribution in [0.1, 0.15) is 6.42 Å². The maximum Gasteiger partial charge on any atom is 0.167 e. The summed E-state index contributed by atoms with van der Waals surface area (Å²) in [5.74, 6) is 2.07. The number of halogens is 1. The summed E-state index contributed by atoms with van der Waals surface area (Å²) in [7, 11) is 0. The molecule has 6 heteroatoms. The number of aromatic nitrogens is 1. The van der Waals surface area contributed by atoms with E-state index in [1.807, 2.05) is 0 Å². The third-order valence-electron chi connectivity index (χ3n) is 2.90. The number of rotatable bonds is 2. The number of hydrogen-bond donors (Lipinski definition) is 2. The molecule has 0 bridgehead atoms. The minimum Gasteiger partial charge on any atom is -0.453 e. The molecule has 1 aliphatic rings. The van der Waals surface area contributed by atoms with Crippen LogP contribution in [0.3, 0.4) is 0 Å². The predicted molar refractivity (Wildman–Crippen MR) is 79.0 cm³/mol. The average Bonchev–Trinajstić information content (AvgIpc) is 2.68. The molecular formula is C14H14FN3OS. The zero-order valence-corrected chi connectivity index (χ0v) is 11.5. The lowest BCUT2D eigenvalue weighted by Gasteiger charge is -2.13. The van der Waals surface area contributed by atoms with Gasteiger partial charge in [-0.15, -0.1) is 11.8 Å². The van der Waals surface area contributed by atoms with Gasteiger partial charge in [-0.05, 0) is 24.3 Å². The molecule has 20 heavy (non-hydrogen) atoms. The van der Waals surface area contributed by atoms with E-state index in [1.165, 1.54) is 12.1 Å². The van der Waals surface area contributed by atoms with Crippen LogP contribution in [0.15, 0.2) is 35.4 Å². The van der Waals surface area contributed by atoms with E-state index in [0.29, 0.717) is 11.4 Å². The molecule has 0 unspecified atom stereocenters. The highest BCUT2D eigenvalue weighted by Crippen LogP contribution is 2.39. The highest BCUT2D eigenvalue weighted by Gasteiger charge is 2.16. The van der Waals surface area contributed by atoms with E-state index in [0.717, 1.165) is 29.4 Å². The number of nitrogens with zero attached hydrogens (tertiary/aromatic N) is 1. The third kappa shape index (κ3) is 2.65. The first-order valence-electron chi connectivity index (χ1n) is 6.32. The van der Waals surface area contributed by atoms with E-state index in [2.05, 4.69) is 10.3 Å². The standard InChI is InChI=1S/C14H14FN3OS/c15-10-8-9(16)2-3-11(10)19-12-4-6-18-14-13(12)20-7-1-5-17-14/h2-4,6,8H,1,5,7,16H2,(H,17,18). The summed E-state index contributed by atoms with van der Waals surface area (Å²) in [6.45, 7) is 0.882. The lowest BCUT2D eigenvalue weighted by molar-refractivity contribution is 0.433. The Bertz CT molecular complexity index is 636. The van der Waals surface area contributed by atoms with Crippen LogP contribution in [-0.4, -0.2) is 17.3 Å². The van der Waals surface area contributed by atoms with Gasteiger partial charge in [0.25, 0.3) is 0 Å². The Balaban J connectivity index is 1.94. The van der Waals surface area contributed by atoms with Gasteiger partial charge in [-0.2, -0.15) is 0 Å². The first kappa shape index (κ1) is 13.1. The first-order chi connectivity index (χ1) is 9.74. The summed E-state index contributed by atoms with van der Waals surface area (Å²) in [6, 6.07) is 6.14. The summed E-state index contributed by atoms with van der Waals surface area (Å²) >= 11 is 1.67. The molecule has 0 spiro atoms. The van der Waals surface area contributed by atoms with Gasteiger partial charge in [0.05, 0.1) is 4.90 Å². The second-order valence-electron chi connectivity index (χ2n) is 4.41. The van der Waals surface area contributed by atoms with Crippen LogP contribution in [0.25, 0.3) is 0 Å². The SMILES string of the molecule is Nc1ccc(Oc2ccnc3c2SCCCN3)c(F)c1. The summed E-state index contributed by atoms with van der Waals surface area (Å²) in [5.41, 5.74) is 5.91. The van der Waals surface area contributed by atoms with Crippen LogP contribution in [0, 0.1) is 5.82 Å². The number of thioether (sulfide) groups is 1. The first-order valence-corrected chi connectivity index (χ1v) is 7.31. The van der Waals surface area contributed by atoms with E-state index >= 15 is 0 Å². The Labute approximate surface area is 120 Å². The molecule has 0 saturated carbocycles. The minimum absolute atomic E-state index is 0.164. The fraction of sp³-hybridized carbons (Fsp3) is 0.214. The molecule has 4 nitrogen and oxygen atoms in total. The molecule has 0 fully saturated rings.